The Morgan fingerprint density at radius 2 is 1.89 bits per heavy atom. The van der Waals surface area contributed by atoms with Gasteiger partial charge in [0.05, 0.1) is 0 Å². The number of rotatable bonds is 6. The van der Waals surface area contributed by atoms with E-state index in [0.29, 0.717) is 27.4 Å². The van der Waals surface area contributed by atoms with Crippen LogP contribution in [0.2, 0.25) is 10.0 Å². The molecule has 1 heterocycles. The van der Waals surface area contributed by atoms with Gasteiger partial charge in [-0.25, -0.2) is 4.98 Å². The molecule has 1 amide bonds. The van der Waals surface area contributed by atoms with Crippen LogP contribution < -0.4 is 10.6 Å². The molecule has 3 aromatic carbocycles. The fourth-order valence-electron chi connectivity index (χ4n) is 3.42. The summed E-state index contributed by atoms with van der Waals surface area (Å²) in [5.41, 5.74) is 5.09. The van der Waals surface area contributed by atoms with E-state index in [1.165, 1.54) is 11.6 Å². The molecule has 0 aliphatic heterocycles. The van der Waals surface area contributed by atoms with Crippen LogP contribution in [-0.4, -0.2) is 16.0 Å². The summed E-state index contributed by atoms with van der Waals surface area (Å²) in [6, 6.07) is 18.6. The Hall–Kier alpha value is -3.19. The first-order valence-electron chi connectivity index (χ1n) is 11.1. The second kappa shape index (κ2) is 11.0. The van der Waals surface area contributed by atoms with Gasteiger partial charge < -0.3 is 9.73 Å². The van der Waals surface area contributed by atoms with E-state index in [9.17, 15) is 4.79 Å². The first-order valence-corrected chi connectivity index (χ1v) is 12.2. The van der Waals surface area contributed by atoms with Crippen LogP contribution in [0.3, 0.4) is 0 Å². The van der Waals surface area contributed by atoms with Crippen molar-refractivity contribution in [2.75, 3.05) is 5.32 Å². The predicted octanol–water partition coefficient (Wildman–Crippen LogP) is 7.84. The van der Waals surface area contributed by atoms with Crippen molar-refractivity contribution in [3.8, 4) is 11.5 Å². The largest absolute Gasteiger partial charge is 0.436 e. The lowest BCUT2D eigenvalue weighted by molar-refractivity contribution is -0.115. The number of hydrogen-bond donors (Lipinski definition) is 2. The average Bonchev–Trinajstić information content (AvgIpc) is 3.27. The summed E-state index contributed by atoms with van der Waals surface area (Å²) in [4.78, 5) is 16.8. The van der Waals surface area contributed by atoms with Crippen molar-refractivity contribution in [2.45, 2.75) is 26.2 Å². The Bertz CT molecular complexity index is 1410. The maximum Gasteiger partial charge on any atom is 0.250 e. The van der Waals surface area contributed by atoms with Crippen molar-refractivity contribution < 1.29 is 9.21 Å². The zero-order chi connectivity index (χ0) is 24.9. The number of hydrogen-bond acceptors (Lipinski definition) is 4. The van der Waals surface area contributed by atoms with E-state index < -0.39 is 0 Å². The van der Waals surface area contributed by atoms with E-state index >= 15 is 0 Å². The van der Waals surface area contributed by atoms with Crippen molar-refractivity contribution in [1.82, 2.24) is 10.3 Å². The van der Waals surface area contributed by atoms with E-state index in [1.807, 2.05) is 30.3 Å². The number of carbonyl (C=O) groups excluding carboxylic acids is 1. The third-order valence-electron chi connectivity index (χ3n) is 5.60. The zero-order valence-corrected chi connectivity index (χ0v) is 21.5. The minimum Gasteiger partial charge on any atom is -0.436 e. The second-order valence-electron chi connectivity index (χ2n) is 8.08. The van der Waals surface area contributed by atoms with Crippen molar-refractivity contribution >= 4 is 69.3 Å². The Labute approximate surface area is 219 Å². The van der Waals surface area contributed by atoms with Gasteiger partial charge in [0.2, 0.25) is 11.8 Å². The molecule has 1 aromatic heterocycles. The molecular formula is C27H23Cl2N3O2S. The Morgan fingerprint density at radius 3 is 2.60 bits per heavy atom. The molecular weight excluding hydrogens is 501 g/mol. The Balaban J connectivity index is 1.37. The molecule has 0 saturated heterocycles. The highest BCUT2D eigenvalue weighted by Gasteiger charge is 2.11. The molecule has 0 radical (unpaired) electrons. The molecule has 0 aliphatic carbocycles. The smallest absolute Gasteiger partial charge is 0.250 e. The number of aromatic nitrogens is 1. The maximum atomic E-state index is 12.2. The van der Waals surface area contributed by atoms with Crippen LogP contribution in [0.4, 0.5) is 5.69 Å². The number of fused-ring (bicyclic) bond motifs is 1. The first kappa shape index (κ1) is 24.9. The number of carbonyl (C=O) groups is 1. The predicted molar refractivity (Wildman–Crippen MR) is 148 cm³/mol. The van der Waals surface area contributed by atoms with Crippen molar-refractivity contribution in [2.24, 2.45) is 0 Å². The van der Waals surface area contributed by atoms with Gasteiger partial charge in [-0.3, -0.25) is 10.1 Å². The lowest BCUT2D eigenvalue weighted by Gasteiger charge is -2.08. The molecule has 0 spiro atoms. The van der Waals surface area contributed by atoms with E-state index in [-0.39, 0.29) is 11.0 Å². The highest BCUT2D eigenvalue weighted by molar-refractivity contribution is 7.80. The topological polar surface area (TPSA) is 67.2 Å². The van der Waals surface area contributed by atoms with Gasteiger partial charge in [-0.2, -0.15) is 0 Å². The van der Waals surface area contributed by atoms with Gasteiger partial charge in [-0.05, 0) is 90.3 Å². The Kier molecular flexibility index (Phi) is 7.86. The highest BCUT2D eigenvalue weighted by Crippen LogP contribution is 2.28. The summed E-state index contributed by atoms with van der Waals surface area (Å²) < 4.78 is 5.94. The quantitative estimate of drug-likeness (QED) is 0.199. The summed E-state index contributed by atoms with van der Waals surface area (Å²) in [5.74, 6) is 0.642. The van der Waals surface area contributed by atoms with E-state index in [1.54, 1.807) is 24.3 Å². The monoisotopic (exact) mass is 523 g/mol. The molecule has 35 heavy (non-hydrogen) atoms. The molecule has 5 nitrogen and oxygen atoms in total. The number of anilines is 1. The van der Waals surface area contributed by atoms with Crippen LogP contribution in [0.5, 0.6) is 0 Å². The maximum absolute atomic E-state index is 12.2. The number of amides is 1. The molecule has 0 bridgehead atoms. The third kappa shape index (κ3) is 6.28. The average molecular weight is 524 g/mol. The number of thiocarbonyl (C=S) groups is 1. The SMILES string of the molecule is CC[C@@H](C)c1ccc2oc(-c3ccc(NC(=S)NC(=O)/C=C/c4ccc(Cl)cc4Cl)cc3)nc2c1. The third-order valence-corrected chi connectivity index (χ3v) is 6.36. The molecule has 0 fully saturated rings. The minimum absolute atomic E-state index is 0.175. The Morgan fingerprint density at radius 1 is 1.11 bits per heavy atom. The van der Waals surface area contributed by atoms with E-state index in [2.05, 4.69) is 41.6 Å². The molecule has 4 aromatic rings. The summed E-state index contributed by atoms with van der Waals surface area (Å²) in [7, 11) is 0. The van der Waals surface area contributed by atoms with Crippen LogP contribution in [-0.2, 0) is 4.79 Å². The standard InChI is InChI=1S/C27H23Cl2N3O2S/c1-3-16(2)19-7-12-24-23(14-19)31-26(34-24)18-5-10-21(11-6-18)30-27(35)32-25(33)13-8-17-4-9-20(28)15-22(17)29/h4-16H,3H2,1-2H3,(H2,30,32,33,35)/b13-8+/t16-/m1/s1. The molecule has 0 saturated carbocycles. The highest BCUT2D eigenvalue weighted by atomic mass is 35.5. The minimum atomic E-state index is -0.381. The van der Waals surface area contributed by atoms with Crippen LogP contribution in [0, 0.1) is 0 Å². The van der Waals surface area contributed by atoms with Crippen LogP contribution >= 0.6 is 35.4 Å². The molecule has 2 N–H and O–H groups in total. The lowest BCUT2D eigenvalue weighted by Crippen LogP contribution is -2.32. The zero-order valence-electron chi connectivity index (χ0n) is 19.1. The van der Waals surface area contributed by atoms with Gasteiger partial charge in [0.25, 0.3) is 0 Å². The van der Waals surface area contributed by atoms with Crippen molar-refractivity contribution in [3.05, 3.63) is 87.9 Å². The molecule has 8 heteroatoms. The lowest BCUT2D eigenvalue weighted by atomic mass is 9.98. The van der Waals surface area contributed by atoms with Gasteiger partial charge >= 0.3 is 0 Å². The van der Waals surface area contributed by atoms with Gasteiger partial charge in [0, 0.05) is 27.4 Å². The van der Waals surface area contributed by atoms with E-state index in [4.69, 9.17) is 39.8 Å². The summed E-state index contributed by atoms with van der Waals surface area (Å²) in [6.07, 6.45) is 4.02. The number of nitrogens with zero attached hydrogens (tertiary/aromatic N) is 1. The van der Waals surface area contributed by atoms with Gasteiger partial charge in [0.1, 0.15) is 5.52 Å². The van der Waals surface area contributed by atoms with Crippen LogP contribution in [0.25, 0.3) is 28.6 Å². The number of benzene rings is 3. The fraction of sp³-hybridized carbons (Fsp3) is 0.148. The number of oxazole rings is 1. The van der Waals surface area contributed by atoms with Gasteiger partial charge in [-0.15, -0.1) is 0 Å². The molecule has 0 aliphatic rings. The summed E-state index contributed by atoms with van der Waals surface area (Å²) in [5, 5.41) is 6.76. The van der Waals surface area contributed by atoms with Crippen LogP contribution in [0.1, 0.15) is 37.3 Å². The van der Waals surface area contributed by atoms with Gasteiger partial charge in [0.15, 0.2) is 10.7 Å². The first-order chi connectivity index (χ1) is 16.8. The van der Waals surface area contributed by atoms with E-state index in [0.717, 1.165) is 28.8 Å². The fourth-order valence-corrected chi connectivity index (χ4v) is 4.11. The van der Waals surface area contributed by atoms with Crippen LogP contribution in [0.15, 0.2) is 71.2 Å². The molecule has 4 rings (SSSR count). The summed E-state index contributed by atoms with van der Waals surface area (Å²) in [6.45, 7) is 4.37. The summed E-state index contributed by atoms with van der Waals surface area (Å²) >= 11 is 17.2. The normalized spacial score (nSPS) is 12.1. The van der Waals surface area contributed by atoms with Gasteiger partial charge in [-0.1, -0.05) is 49.2 Å². The van der Waals surface area contributed by atoms with Crippen molar-refractivity contribution in [1.29, 1.82) is 0 Å². The molecule has 178 valence electrons. The second-order valence-corrected chi connectivity index (χ2v) is 9.33. The number of halogens is 2. The molecule has 1 atom stereocenters. The van der Waals surface area contributed by atoms with Crippen molar-refractivity contribution in [3.63, 3.8) is 0 Å². The number of nitrogens with one attached hydrogen (secondary N) is 2. The molecule has 0 unspecified atom stereocenters.